The van der Waals surface area contributed by atoms with Crippen LogP contribution in [-0.2, 0) is 4.74 Å². The fraction of sp³-hybridized carbons (Fsp3) is 0.571. The Morgan fingerprint density at radius 2 is 2.06 bits per heavy atom. The molecule has 0 bridgehead atoms. The molecule has 0 spiro atoms. The summed E-state index contributed by atoms with van der Waals surface area (Å²) in [6.07, 6.45) is 2.48. The quantitative estimate of drug-likeness (QED) is 0.825. The molecule has 0 amide bonds. The van der Waals surface area contributed by atoms with Crippen LogP contribution in [0.1, 0.15) is 38.4 Å². The Balaban J connectivity index is 2.10. The van der Waals surface area contributed by atoms with Crippen LogP contribution in [0.4, 0.5) is 0 Å². The summed E-state index contributed by atoms with van der Waals surface area (Å²) in [5.74, 6) is 0. The van der Waals surface area contributed by atoms with Crippen LogP contribution in [0.2, 0.25) is 0 Å². The van der Waals surface area contributed by atoms with E-state index in [1.54, 1.807) is 0 Å². The lowest BCUT2D eigenvalue weighted by atomic mass is 10.0. The van der Waals surface area contributed by atoms with E-state index >= 15 is 0 Å². The third-order valence-corrected chi connectivity index (χ3v) is 3.34. The molecule has 1 aliphatic rings. The van der Waals surface area contributed by atoms with Gasteiger partial charge >= 0.3 is 0 Å². The zero-order valence-corrected chi connectivity index (χ0v) is 10.1. The van der Waals surface area contributed by atoms with E-state index in [0.717, 1.165) is 13.0 Å². The van der Waals surface area contributed by atoms with Crippen molar-refractivity contribution < 1.29 is 4.74 Å². The minimum absolute atomic E-state index is 0.192. The molecule has 1 aromatic carbocycles. The maximum atomic E-state index is 5.97. The van der Waals surface area contributed by atoms with Gasteiger partial charge in [0.05, 0.1) is 6.10 Å². The maximum absolute atomic E-state index is 5.97. The van der Waals surface area contributed by atoms with Gasteiger partial charge in [0.2, 0.25) is 0 Å². The average Bonchev–Trinajstić information content (AvgIpc) is 2.52. The Bertz CT molecular complexity index is 312. The van der Waals surface area contributed by atoms with Crippen molar-refractivity contribution in [3.63, 3.8) is 0 Å². The van der Waals surface area contributed by atoms with Gasteiger partial charge in [0.15, 0.2) is 0 Å². The first kappa shape index (κ1) is 11.6. The molecule has 3 unspecified atom stereocenters. The molecule has 0 aliphatic carbocycles. The molecule has 1 fully saturated rings. The van der Waals surface area contributed by atoms with Gasteiger partial charge in [0, 0.05) is 18.7 Å². The summed E-state index contributed by atoms with van der Waals surface area (Å²) in [6, 6.07) is 11.5. The van der Waals surface area contributed by atoms with Crippen LogP contribution in [0.15, 0.2) is 30.3 Å². The summed E-state index contributed by atoms with van der Waals surface area (Å²) in [5.41, 5.74) is 1.28. The van der Waals surface area contributed by atoms with Crippen LogP contribution in [0.5, 0.6) is 0 Å². The van der Waals surface area contributed by atoms with Crippen LogP contribution in [0, 0.1) is 0 Å². The van der Waals surface area contributed by atoms with Gasteiger partial charge in [-0.2, -0.15) is 0 Å². The molecule has 1 aromatic rings. The first-order chi connectivity index (χ1) is 7.81. The molecule has 1 saturated heterocycles. The van der Waals surface area contributed by atoms with Crippen LogP contribution in [0.3, 0.4) is 0 Å². The molecule has 3 atom stereocenters. The van der Waals surface area contributed by atoms with Gasteiger partial charge in [-0.3, -0.25) is 0 Å². The summed E-state index contributed by atoms with van der Waals surface area (Å²) in [7, 11) is 0. The van der Waals surface area contributed by atoms with Gasteiger partial charge in [-0.25, -0.2) is 0 Å². The largest absolute Gasteiger partial charge is 0.372 e. The van der Waals surface area contributed by atoms with E-state index in [1.807, 2.05) is 6.07 Å². The summed E-state index contributed by atoms with van der Waals surface area (Å²) < 4.78 is 5.97. The van der Waals surface area contributed by atoms with Gasteiger partial charge in [-0.15, -0.1) is 0 Å². The number of rotatable bonds is 2. The molecule has 1 N–H and O–H groups in total. The highest BCUT2D eigenvalue weighted by atomic mass is 16.5. The first-order valence-electron chi connectivity index (χ1n) is 6.24. The van der Waals surface area contributed by atoms with Crippen molar-refractivity contribution in [3.8, 4) is 0 Å². The number of hydrogen-bond acceptors (Lipinski definition) is 2. The summed E-state index contributed by atoms with van der Waals surface area (Å²) in [5, 5.41) is 3.65. The Kier molecular flexibility index (Phi) is 3.97. The van der Waals surface area contributed by atoms with Crippen LogP contribution >= 0.6 is 0 Å². The number of benzene rings is 1. The van der Waals surface area contributed by atoms with E-state index in [-0.39, 0.29) is 6.10 Å². The third kappa shape index (κ3) is 2.63. The molecular formula is C14H21NO. The highest BCUT2D eigenvalue weighted by Gasteiger charge is 2.25. The molecule has 1 aliphatic heterocycles. The van der Waals surface area contributed by atoms with E-state index in [0.29, 0.717) is 12.1 Å². The third-order valence-electron chi connectivity index (χ3n) is 3.34. The summed E-state index contributed by atoms with van der Waals surface area (Å²) in [4.78, 5) is 0. The zero-order chi connectivity index (χ0) is 11.4. The maximum Gasteiger partial charge on any atom is 0.0975 e. The van der Waals surface area contributed by atoms with Crippen molar-refractivity contribution in [3.05, 3.63) is 35.9 Å². The molecular weight excluding hydrogens is 198 g/mol. The number of ether oxygens (including phenoxy) is 1. The molecule has 0 aromatic heterocycles. The van der Waals surface area contributed by atoms with Crippen LogP contribution in [0.25, 0.3) is 0 Å². The first-order valence-corrected chi connectivity index (χ1v) is 6.24. The second-order valence-electron chi connectivity index (χ2n) is 4.55. The van der Waals surface area contributed by atoms with Gasteiger partial charge < -0.3 is 10.1 Å². The van der Waals surface area contributed by atoms with E-state index in [1.165, 1.54) is 12.0 Å². The van der Waals surface area contributed by atoms with Crippen LogP contribution in [-0.4, -0.2) is 18.7 Å². The molecule has 88 valence electrons. The van der Waals surface area contributed by atoms with Gasteiger partial charge in [-0.05, 0) is 25.3 Å². The van der Waals surface area contributed by atoms with E-state index in [4.69, 9.17) is 4.74 Å². The van der Waals surface area contributed by atoms with Crippen molar-refractivity contribution in [2.75, 3.05) is 6.61 Å². The fourth-order valence-electron chi connectivity index (χ4n) is 2.37. The van der Waals surface area contributed by atoms with Gasteiger partial charge in [0.25, 0.3) is 0 Å². The topological polar surface area (TPSA) is 21.3 Å². The zero-order valence-electron chi connectivity index (χ0n) is 10.1. The Labute approximate surface area is 98.0 Å². The second-order valence-corrected chi connectivity index (χ2v) is 4.55. The molecule has 2 nitrogen and oxygen atoms in total. The molecule has 16 heavy (non-hydrogen) atoms. The number of nitrogens with one attached hydrogen (secondary N) is 1. The van der Waals surface area contributed by atoms with Crippen molar-refractivity contribution in [2.24, 2.45) is 0 Å². The lowest BCUT2D eigenvalue weighted by Gasteiger charge is -2.24. The predicted molar refractivity (Wildman–Crippen MR) is 66.4 cm³/mol. The fourth-order valence-corrected chi connectivity index (χ4v) is 2.37. The van der Waals surface area contributed by atoms with Crippen molar-refractivity contribution in [2.45, 2.75) is 44.9 Å². The highest BCUT2D eigenvalue weighted by molar-refractivity contribution is 5.19. The van der Waals surface area contributed by atoms with Crippen LogP contribution < -0.4 is 5.32 Å². The molecule has 1 heterocycles. The van der Waals surface area contributed by atoms with E-state index in [2.05, 4.69) is 43.4 Å². The molecule has 2 rings (SSSR count). The summed E-state index contributed by atoms with van der Waals surface area (Å²) in [6.45, 7) is 5.30. The minimum atomic E-state index is 0.192. The van der Waals surface area contributed by atoms with E-state index in [9.17, 15) is 0 Å². The van der Waals surface area contributed by atoms with Crippen molar-refractivity contribution in [1.29, 1.82) is 0 Å². The standard InChI is InChI=1S/C14H21NO/c1-3-13-9-10-16-14(11(2)15-13)12-7-5-4-6-8-12/h4-8,11,13-15H,3,9-10H2,1-2H3. The highest BCUT2D eigenvalue weighted by Crippen LogP contribution is 2.24. The minimum Gasteiger partial charge on any atom is -0.372 e. The Morgan fingerprint density at radius 1 is 1.31 bits per heavy atom. The van der Waals surface area contributed by atoms with Gasteiger partial charge in [0.1, 0.15) is 0 Å². The predicted octanol–water partition coefficient (Wildman–Crippen LogP) is 2.90. The van der Waals surface area contributed by atoms with Gasteiger partial charge in [-0.1, -0.05) is 37.3 Å². The van der Waals surface area contributed by atoms with E-state index < -0.39 is 0 Å². The second kappa shape index (κ2) is 5.46. The smallest absolute Gasteiger partial charge is 0.0975 e. The Hall–Kier alpha value is -0.860. The lowest BCUT2D eigenvalue weighted by Crippen LogP contribution is -2.37. The lowest BCUT2D eigenvalue weighted by molar-refractivity contribution is 0.0461. The summed E-state index contributed by atoms with van der Waals surface area (Å²) >= 11 is 0. The number of hydrogen-bond donors (Lipinski definition) is 1. The normalized spacial score (nSPS) is 31.0. The average molecular weight is 219 g/mol. The SMILES string of the molecule is CCC1CCOC(c2ccccc2)C(C)N1. The molecule has 0 radical (unpaired) electrons. The van der Waals surface area contributed by atoms with Crippen molar-refractivity contribution in [1.82, 2.24) is 5.32 Å². The molecule has 2 heteroatoms. The monoisotopic (exact) mass is 219 g/mol. The molecule has 0 saturated carbocycles. The Morgan fingerprint density at radius 3 is 2.75 bits per heavy atom. The van der Waals surface area contributed by atoms with Crippen molar-refractivity contribution >= 4 is 0 Å².